The number of likely N-dealkylation sites (tertiary alicyclic amines) is 1. The summed E-state index contributed by atoms with van der Waals surface area (Å²) in [4.78, 5) is 37.4. The molecule has 2 amide bonds. The number of nitrogens with zero attached hydrogens (tertiary/aromatic N) is 1. The number of rotatable bonds is 3. The fourth-order valence-corrected chi connectivity index (χ4v) is 2.63. The van der Waals surface area contributed by atoms with Crippen LogP contribution in [0.1, 0.15) is 19.8 Å². The average molecular weight is 305 g/mol. The average Bonchev–Trinajstić information content (AvgIpc) is 2.54. The van der Waals surface area contributed by atoms with Crippen molar-refractivity contribution in [2.24, 2.45) is 11.8 Å². The van der Waals surface area contributed by atoms with Crippen LogP contribution in [-0.2, 0) is 14.3 Å². The standard InChI is InChI=1S/C16H19NO5/c1-3-11-9-10-17(14(18)13(11)15(19)21-2)16(20)22-12-7-5-4-6-8-12/h4-8,11,13H,3,9-10H2,1-2H3/t11-,13?/m1/s1. The maximum absolute atomic E-state index is 12.5. The van der Waals surface area contributed by atoms with Gasteiger partial charge in [0.2, 0.25) is 5.91 Å². The minimum atomic E-state index is -0.938. The van der Waals surface area contributed by atoms with Crippen LogP contribution >= 0.6 is 0 Å². The predicted molar refractivity (Wildman–Crippen MR) is 78.1 cm³/mol. The fourth-order valence-electron chi connectivity index (χ4n) is 2.63. The molecule has 0 N–H and O–H groups in total. The number of carbonyl (C=O) groups excluding carboxylic acids is 3. The van der Waals surface area contributed by atoms with Crippen LogP contribution < -0.4 is 4.74 Å². The molecule has 118 valence electrons. The van der Waals surface area contributed by atoms with Gasteiger partial charge >= 0.3 is 12.1 Å². The first-order chi connectivity index (χ1) is 10.6. The third kappa shape index (κ3) is 3.27. The van der Waals surface area contributed by atoms with Crippen molar-refractivity contribution in [1.29, 1.82) is 0 Å². The Bertz CT molecular complexity index is 557. The molecule has 1 aromatic carbocycles. The summed E-state index contributed by atoms with van der Waals surface area (Å²) in [5.74, 6) is -1.85. The van der Waals surface area contributed by atoms with Gasteiger partial charge in [-0.25, -0.2) is 9.69 Å². The van der Waals surface area contributed by atoms with Gasteiger partial charge in [-0.3, -0.25) is 9.59 Å². The molecule has 2 rings (SSSR count). The molecule has 1 fully saturated rings. The number of amides is 2. The van der Waals surface area contributed by atoms with Crippen LogP contribution in [0.25, 0.3) is 0 Å². The first-order valence-corrected chi connectivity index (χ1v) is 7.24. The molecule has 0 spiro atoms. The summed E-state index contributed by atoms with van der Waals surface area (Å²) in [5.41, 5.74) is 0. The second-order valence-corrected chi connectivity index (χ2v) is 5.13. The molecular formula is C16H19NO5. The second-order valence-electron chi connectivity index (χ2n) is 5.13. The van der Waals surface area contributed by atoms with Crippen LogP contribution in [0, 0.1) is 11.8 Å². The predicted octanol–water partition coefficient (Wildman–Crippen LogP) is 2.23. The van der Waals surface area contributed by atoms with Gasteiger partial charge < -0.3 is 9.47 Å². The van der Waals surface area contributed by atoms with Crippen molar-refractivity contribution in [2.75, 3.05) is 13.7 Å². The van der Waals surface area contributed by atoms with Crippen molar-refractivity contribution < 1.29 is 23.9 Å². The van der Waals surface area contributed by atoms with Crippen molar-refractivity contribution in [3.8, 4) is 5.75 Å². The summed E-state index contributed by atoms with van der Waals surface area (Å²) >= 11 is 0. The quantitative estimate of drug-likeness (QED) is 0.632. The summed E-state index contributed by atoms with van der Waals surface area (Å²) in [7, 11) is 1.24. The number of imide groups is 1. The highest BCUT2D eigenvalue weighted by Gasteiger charge is 2.44. The Labute approximate surface area is 129 Å². The minimum absolute atomic E-state index is 0.110. The molecule has 0 radical (unpaired) electrons. The maximum atomic E-state index is 12.5. The Morgan fingerprint density at radius 2 is 1.95 bits per heavy atom. The van der Waals surface area contributed by atoms with E-state index in [1.165, 1.54) is 7.11 Å². The lowest BCUT2D eigenvalue weighted by molar-refractivity contribution is -0.158. The molecule has 1 saturated heterocycles. The number of para-hydroxylation sites is 1. The Balaban J connectivity index is 2.13. The van der Waals surface area contributed by atoms with Gasteiger partial charge in [-0.15, -0.1) is 0 Å². The molecule has 1 unspecified atom stereocenters. The maximum Gasteiger partial charge on any atom is 0.422 e. The van der Waals surface area contributed by atoms with Crippen molar-refractivity contribution >= 4 is 18.0 Å². The first-order valence-electron chi connectivity index (χ1n) is 7.24. The number of hydrogen-bond acceptors (Lipinski definition) is 5. The van der Waals surface area contributed by atoms with Crippen LogP contribution in [0.5, 0.6) is 5.75 Å². The summed E-state index contributed by atoms with van der Waals surface area (Å²) in [6.07, 6.45) is 0.471. The van der Waals surface area contributed by atoms with Crippen molar-refractivity contribution in [2.45, 2.75) is 19.8 Å². The molecule has 0 bridgehead atoms. The van der Waals surface area contributed by atoms with Crippen molar-refractivity contribution in [1.82, 2.24) is 4.90 Å². The number of methoxy groups -OCH3 is 1. The second kappa shape index (κ2) is 7.06. The van der Waals surface area contributed by atoms with E-state index in [4.69, 9.17) is 9.47 Å². The Morgan fingerprint density at radius 1 is 1.27 bits per heavy atom. The lowest BCUT2D eigenvalue weighted by Gasteiger charge is -2.34. The SMILES string of the molecule is CC[C@@H]1CCN(C(=O)Oc2ccccc2)C(=O)C1C(=O)OC. The lowest BCUT2D eigenvalue weighted by Crippen LogP contribution is -2.52. The Kier molecular flexibility index (Phi) is 5.14. The van der Waals surface area contributed by atoms with E-state index in [-0.39, 0.29) is 12.5 Å². The van der Waals surface area contributed by atoms with Gasteiger partial charge in [-0.2, -0.15) is 0 Å². The van der Waals surface area contributed by atoms with E-state index < -0.39 is 23.9 Å². The number of esters is 1. The van der Waals surface area contributed by atoms with E-state index in [9.17, 15) is 14.4 Å². The molecule has 6 nitrogen and oxygen atoms in total. The Hall–Kier alpha value is -2.37. The van der Waals surface area contributed by atoms with E-state index >= 15 is 0 Å². The minimum Gasteiger partial charge on any atom is -0.468 e. The van der Waals surface area contributed by atoms with Crippen LogP contribution in [0.2, 0.25) is 0 Å². The topological polar surface area (TPSA) is 72.9 Å². The molecule has 0 aliphatic carbocycles. The van der Waals surface area contributed by atoms with Crippen molar-refractivity contribution in [3.63, 3.8) is 0 Å². The summed E-state index contributed by atoms with van der Waals surface area (Å²) in [5, 5.41) is 0. The van der Waals surface area contributed by atoms with E-state index in [1.807, 2.05) is 6.92 Å². The highest BCUT2D eigenvalue weighted by atomic mass is 16.6. The molecule has 6 heteroatoms. The molecule has 1 aliphatic rings. The molecule has 22 heavy (non-hydrogen) atoms. The largest absolute Gasteiger partial charge is 0.468 e. The van der Waals surface area contributed by atoms with Gasteiger partial charge in [0, 0.05) is 6.54 Å². The number of piperidine rings is 1. The van der Waals surface area contributed by atoms with E-state index in [1.54, 1.807) is 30.3 Å². The number of ether oxygens (including phenoxy) is 2. The molecule has 0 saturated carbocycles. The molecular weight excluding hydrogens is 286 g/mol. The zero-order chi connectivity index (χ0) is 16.1. The third-order valence-corrected chi connectivity index (χ3v) is 3.88. The monoisotopic (exact) mass is 305 g/mol. The zero-order valence-corrected chi connectivity index (χ0v) is 12.7. The van der Waals surface area contributed by atoms with Crippen LogP contribution in [-0.4, -0.2) is 36.5 Å². The summed E-state index contributed by atoms with van der Waals surface area (Å²) in [6, 6.07) is 8.50. The highest BCUT2D eigenvalue weighted by molar-refractivity contribution is 6.04. The summed E-state index contributed by atoms with van der Waals surface area (Å²) < 4.78 is 9.87. The highest BCUT2D eigenvalue weighted by Crippen LogP contribution is 2.29. The first kappa shape index (κ1) is 16.0. The molecule has 2 atom stereocenters. The van der Waals surface area contributed by atoms with E-state index in [0.717, 1.165) is 4.90 Å². The van der Waals surface area contributed by atoms with E-state index in [2.05, 4.69) is 0 Å². The molecule has 1 heterocycles. The normalized spacial score (nSPS) is 21.4. The van der Waals surface area contributed by atoms with Gasteiger partial charge in [0.05, 0.1) is 7.11 Å². The zero-order valence-electron chi connectivity index (χ0n) is 12.7. The van der Waals surface area contributed by atoms with E-state index in [0.29, 0.717) is 18.6 Å². The van der Waals surface area contributed by atoms with Crippen LogP contribution in [0.4, 0.5) is 4.79 Å². The van der Waals surface area contributed by atoms with Gasteiger partial charge in [0.1, 0.15) is 11.7 Å². The Morgan fingerprint density at radius 3 is 2.55 bits per heavy atom. The fraction of sp³-hybridized carbons (Fsp3) is 0.438. The van der Waals surface area contributed by atoms with Gasteiger partial charge in [-0.05, 0) is 24.5 Å². The lowest BCUT2D eigenvalue weighted by atomic mass is 9.83. The smallest absolute Gasteiger partial charge is 0.422 e. The van der Waals surface area contributed by atoms with Gasteiger partial charge in [0.15, 0.2) is 0 Å². The van der Waals surface area contributed by atoms with Crippen LogP contribution in [0.15, 0.2) is 30.3 Å². The summed E-state index contributed by atoms with van der Waals surface area (Å²) in [6.45, 7) is 2.16. The molecule has 1 aliphatic heterocycles. The molecule has 0 aromatic heterocycles. The number of benzene rings is 1. The third-order valence-electron chi connectivity index (χ3n) is 3.88. The number of hydrogen-bond donors (Lipinski definition) is 0. The molecule has 1 aromatic rings. The van der Waals surface area contributed by atoms with Crippen LogP contribution in [0.3, 0.4) is 0 Å². The number of carbonyl (C=O) groups is 3. The van der Waals surface area contributed by atoms with Gasteiger partial charge in [-0.1, -0.05) is 31.5 Å². The van der Waals surface area contributed by atoms with Gasteiger partial charge in [0.25, 0.3) is 0 Å². The van der Waals surface area contributed by atoms with Crippen molar-refractivity contribution in [3.05, 3.63) is 30.3 Å².